The van der Waals surface area contributed by atoms with Gasteiger partial charge in [-0.25, -0.2) is 69.4 Å². The van der Waals surface area contributed by atoms with E-state index in [0.717, 1.165) is 60.8 Å². The van der Waals surface area contributed by atoms with Crippen molar-refractivity contribution < 1.29 is 70.7 Å². The van der Waals surface area contributed by atoms with Crippen LogP contribution in [0.5, 0.6) is 0 Å². The normalized spacial score (nSPS) is 16.2. The van der Waals surface area contributed by atoms with Gasteiger partial charge in [-0.15, -0.1) is 0 Å². The van der Waals surface area contributed by atoms with Gasteiger partial charge in [0.15, 0.2) is 34.3 Å². The maximum atomic E-state index is 13.4. The number of benzene rings is 6. The highest BCUT2D eigenvalue weighted by Crippen LogP contribution is 2.38. The zero-order valence-corrected chi connectivity index (χ0v) is 71.6. The van der Waals surface area contributed by atoms with Gasteiger partial charge in [0, 0.05) is 85.4 Å². The van der Waals surface area contributed by atoms with E-state index in [0.29, 0.717) is 128 Å². The Morgan fingerprint density at radius 3 is 0.944 bits per heavy atom. The van der Waals surface area contributed by atoms with Crippen LogP contribution in [0.1, 0.15) is 188 Å². The summed E-state index contributed by atoms with van der Waals surface area (Å²) >= 11 is 0. The van der Waals surface area contributed by atoms with Crippen molar-refractivity contribution in [2.45, 2.75) is 136 Å². The fourth-order valence-corrected chi connectivity index (χ4v) is 17.3. The van der Waals surface area contributed by atoms with Gasteiger partial charge in [-0.05, 0) is 198 Å². The van der Waals surface area contributed by atoms with Crippen LogP contribution in [0.25, 0.3) is 33.1 Å². The number of anilines is 3. The minimum Gasteiger partial charge on any atom is -0.383 e. The molecule has 0 saturated carbocycles. The average Bonchev–Trinajstić information content (AvgIpc) is 1.64. The number of Topliss-reactive ketones (excluding diaryl/α,β-unsaturated/α-hetero) is 3. The molecule has 3 aliphatic heterocycles. The van der Waals surface area contributed by atoms with E-state index in [9.17, 15) is 70.7 Å². The highest BCUT2D eigenvalue weighted by atomic mass is 32.2. The summed E-state index contributed by atoms with van der Waals surface area (Å²) in [5, 5.41) is 15.6. The number of hydrogen-bond acceptors (Lipinski definition) is 20. The summed E-state index contributed by atoms with van der Waals surface area (Å²) in [6, 6.07) is 26.4. The SMILES string of the molecule is Cc1ccc(CC(=O)c2ccc(C)c(C(F)(F)F)c2)cc1C#Cc1nn(C2CCCN(C)C2)c2ncnc(N)c12.Cc1ccc(CC(=O)c2ccc(C)c(C(F)(F)F)c2)cc1C#Cc1nn(C2CCCN(S(C)(=O)=O)C2)c2ncnc(N)c12.Cc1ccc(CC(=O)c2ccc(C)c(C(F)(F)F)c2)cc1C#Cc1nn([C@@H]2CCCN(S(C)(=O)=O)C2)c2ncnc(N)c12. The van der Waals surface area contributed by atoms with Crippen LogP contribution < -0.4 is 17.2 Å². The summed E-state index contributed by atoms with van der Waals surface area (Å²) in [4.78, 5) is 66.5. The van der Waals surface area contributed by atoms with Crippen LogP contribution in [-0.2, 0) is 57.8 Å². The molecular weight excluding hydrogens is 1680 g/mol. The van der Waals surface area contributed by atoms with Gasteiger partial charge in [0.05, 0.1) is 63.5 Å². The number of likely N-dealkylation sites (N-methyl/N-ethyl adjacent to an activating group) is 1. The standard InChI is InChI=1S/2C30H29F3N6O3S.C30H29F3N6O/c2*1-18-6-8-20(14-26(40)22-9-7-19(2)24(15-22)30(31,32)33)13-21(18)10-11-25-27-28(34)35-17-36-29(27)39(37-25)23-5-4-12-38(16-23)43(3,41)42;1-18-6-8-20(14-26(40)22-9-7-19(2)24(15-22)30(31,32)33)13-21(18)10-11-25-27-28(34)35-17-36-29(27)39(37-25)23-5-4-12-38(3)16-23/h2*6-9,13,15,17,23H,4-5,12,14,16H2,1-3H3,(H2,34,35,36);6-9,13,15,17,23H,4-5,12,14,16H2,1-3H3,(H2,34,35,36)/t23-;;/m1../s1. The highest BCUT2D eigenvalue weighted by Gasteiger charge is 2.38. The lowest BCUT2D eigenvalue weighted by Gasteiger charge is -2.31. The van der Waals surface area contributed by atoms with Crippen LogP contribution in [0.4, 0.5) is 57.0 Å². The van der Waals surface area contributed by atoms with Crippen molar-refractivity contribution in [1.29, 1.82) is 0 Å². The first kappa shape index (κ1) is 90.9. The number of likely N-dealkylation sites (tertiary alicyclic amines) is 1. The minimum absolute atomic E-state index is 0.0178. The lowest BCUT2D eigenvalue weighted by Crippen LogP contribution is -2.40. The van der Waals surface area contributed by atoms with Crippen LogP contribution in [-0.4, -0.2) is 166 Å². The first-order valence-corrected chi connectivity index (χ1v) is 43.7. The predicted octanol–water partition coefficient (Wildman–Crippen LogP) is 14.1. The van der Waals surface area contributed by atoms with E-state index in [2.05, 4.69) is 87.6 Å². The molecule has 25 nitrogen and oxygen atoms in total. The molecule has 0 amide bonds. The first-order valence-electron chi connectivity index (χ1n) is 40.0. The molecule has 15 rings (SSSR count). The number of aryl methyl sites for hydroxylation is 6. The Morgan fingerprint density at radius 1 is 0.389 bits per heavy atom. The van der Waals surface area contributed by atoms with E-state index < -0.39 is 72.6 Å². The molecule has 126 heavy (non-hydrogen) atoms. The molecule has 3 saturated heterocycles. The van der Waals surface area contributed by atoms with Crippen molar-refractivity contribution in [3.8, 4) is 35.5 Å². The molecule has 3 fully saturated rings. The summed E-state index contributed by atoms with van der Waals surface area (Å²) in [5.74, 6) is 17.9. The molecule has 0 bridgehead atoms. The van der Waals surface area contributed by atoms with E-state index in [1.807, 2.05) is 31.5 Å². The Labute approximate surface area is 720 Å². The molecule has 9 heterocycles. The number of halogens is 9. The number of piperidine rings is 3. The first-order chi connectivity index (χ1) is 59.4. The van der Waals surface area contributed by atoms with Gasteiger partial charge in [-0.1, -0.05) is 90.6 Å². The number of alkyl halides is 9. The Morgan fingerprint density at radius 2 is 0.667 bits per heavy atom. The molecule has 3 aliphatic rings. The van der Waals surface area contributed by atoms with Gasteiger partial charge in [0.1, 0.15) is 53.5 Å². The quantitative estimate of drug-likeness (QED) is 0.0517. The van der Waals surface area contributed by atoms with Crippen molar-refractivity contribution in [2.24, 2.45) is 0 Å². The van der Waals surface area contributed by atoms with Crippen LogP contribution in [0, 0.1) is 77.1 Å². The molecule has 6 aromatic heterocycles. The average molecular weight is 1770 g/mol. The molecule has 36 heteroatoms. The summed E-state index contributed by atoms with van der Waals surface area (Å²) in [6.07, 6.45) is -2.74. The number of hydrogen-bond donors (Lipinski definition) is 3. The molecule has 6 N–H and O–H groups in total. The number of nitrogens with zero attached hydrogens (tertiary/aromatic N) is 15. The molecule has 12 aromatic rings. The van der Waals surface area contributed by atoms with E-state index in [1.54, 1.807) is 57.9 Å². The molecule has 0 spiro atoms. The summed E-state index contributed by atoms with van der Waals surface area (Å²) in [7, 11) is -4.68. The lowest BCUT2D eigenvalue weighted by molar-refractivity contribution is -0.138. The highest BCUT2D eigenvalue weighted by molar-refractivity contribution is 7.88. The van der Waals surface area contributed by atoms with Crippen LogP contribution in [0.2, 0.25) is 0 Å². The number of ketones is 3. The lowest BCUT2D eigenvalue weighted by atomic mass is 9.96. The fraction of sp³-hybridized carbons (Fsp3) is 0.333. The predicted molar refractivity (Wildman–Crippen MR) is 458 cm³/mol. The minimum atomic E-state index is -4.55. The van der Waals surface area contributed by atoms with Crippen LogP contribution in [0.3, 0.4) is 0 Å². The van der Waals surface area contributed by atoms with Crippen molar-refractivity contribution in [3.05, 3.63) is 245 Å². The Hall–Kier alpha value is -12.8. The maximum Gasteiger partial charge on any atom is 0.416 e. The largest absolute Gasteiger partial charge is 0.416 e. The van der Waals surface area contributed by atoms with Gasteiger partial charge < -0.3 is 22.1 Å². The van der Waals surface area contributed by atoms with Crippen molar-refractivity contribution in [2.75, 3.05) is 76.0 Å². The smallest absolute Gasteiger partial charge is 0.383 e. The topological polar surface area (TPSA) is 338 Å². The van der Waals surface area contributed by atoms with Gasteiger partial charge >= 0.3 is 18.5 Å². The zero-order chi connectivity index (χ0) is 90.8. The van der Waals surface area contributed by atoms with Crippen LogP contribution >= 0.6 is 0 Å². The summed E-state index contributed by atoms with van der Waals surface area (Å²) < 4.78 is 177. The second kappa shape index (κ2) is 36.8. The molecule has 654 valence electrons. The third-order valence-electron chi connectivity index (χ3n) is 22.4. The van der Waals surface area contributed by atoms with Crippen molar-refractivity contribution in [1.82, 2.24) is 72.8 Å². The third-order valence-corrected chi connectivity index (χ3v) is 24.9. The van der Waals surface area contributed by atoms with E-state index in [1.165, 1.54) is 97.3 Å². The number of carbonyl (C=O) groups excluding carboxylic acids is 3. The number of aromatic nitrogens is 12. The number of nitrogens with two attached hydrogens (primary N) is 3. The van der Waals surface area contributed by atoms with Gasteiger partial charge in [0.25, 0.3) is 0 Å². The van der Waals surface area contributed by atoms with E-state index in [4.69, 9.17) is 22.3 Å². The second-order valence-corrected chi connectivity index (χ2v) is 35.7. The van der Waals surface area contributed by atoms with Gasteiger partial charge in [-0.2, -0.15) is 54.8 Å². The molecule has 0 aliphatic carbocycles. The molecular formula is C90H87F9N18O7S2. The monoisotopic (exact) mass is 1770 g/mol. The maximum absolute atomic E-state index is 13.4. The fourth-order valence-electron chi connectivity index (χ4n) is 15.5. The Bertz CT molecular complexity index is 6470. The molecule has 0 radical (unpaired) electrons. The summed E-state index contributed by atoms with van der Waals surface area (Å²) in [6.45, 7) is 12.9. The Kier molecular flexibility index (Phi) is 26.6. The van der Waals surface area contributed by atoms with E-state index >= 15 is 0 Å². The summed E-state index contributed by atoms with van der Waals surface area (Å²) in [5.41, 5.74) is 25.2. The second-order valence-electron chi connectivity index (χ2n) is 31.7. The Balaban J connectivity index is 0.000000162. The van der Waals surface area contributed by atoms with Crippen molar-refractivity contribution >= 4 is 88.0 Å². The molecule has 3 atom stereocenters. The number of carbonyl (C=O) groups is 3. The van der Waals surface area contributed by atoms with E-state index in [-0.39, 0.29) is 95.5 Å². The van der Waals surface area contributed by atoms with Gasteiger partial charge in [0.2, 0.25) is 20.0 Å². The number of sulfonamides is 2. The third kappa shape index (κ3) is 20.9. The van der Waals surface area contributed by atoms with Gasteiger partial charge in [-0.3, -0.25) is 14.4 Å². The number of rotatable bonds is 14. The number of nitrogen functional groups attached to an aromatic ring is 3. The zero-order valence-electron chi connectivity index (χ0n) is 70.0. The molecule has 6 aromatic carbocycles. The van der Waals surface area contributed by atoms with Crippen molar-refractivity contribution in [3.63, 3.8) is 0 Å². The number of fused-ring (bicyclic) bond motifs is 3. The van der Waals surface area contributed by atoms with Crippen LogP contribution in [0.15, 0.2) is 128 Å². The molecule has 2 unspecified atom stereocenters.